The number of nitrogens with two attached hydrogens (primary N) is 1. The van der Waals surface area contributed by atoms with Gasteiger partial charge in [-0.1, -0.05) is 79.4 Å². The topological polar surface area (TPSA) is 104 Å². The van der Waals surface area contributed by atoms with Crippen molar-refractivity contribution < 1.29 is 19.5 Å². The van der Waals surface area contributed by atoms with Gasteiger partial charge in [0.2, 0.25) is 5.91 Å². The van der Waals surface area contributed by atoms with Gasteiger partial charge in [0.25, 0.3) is 5.91 Å². The molecule has 0 bridgehead atoms. The molecule has 4 rings (SSSR count). The molecule has 1 unspecified atom stereocenters. The van der Waals surface area contributed by atoms with Gasteiger partial charge in [0, 0.05) is 12.0 Å². The standard InChI is InChI=1S/C32H33N3O4/c1-2-27(32(38)39)34-22-29(36)35(30(24-14-8-5-9-15-24)25-16-10-6-11-17-25)28-19-18-23(21-26(28)31(34)37)13-7-3-4-12-20-33/h5-6,8-11,14-19,21,27,30H,2-4,12,20,22,33H2,1H3,(H,38,39). The van der Waals surface area contributed by atoms with Gasteiger partial charge >= 0.3 is 5.97 Å². The Bertz CT molecular complexity index is 1340. The van der Waals surface area contributed by atoms with E-state index in [1.807, 2.05) is 60.7 Å². The average molecular weight is 524 g/mol. The van der Waals surface area contributed by atoms with E-state index in [1.54, 1.807) is 30.0 Å². The maximum absolute atomic E-state index is 14.0. The zero-order valence-corrected chi connectivity index (χ0v) is 22.0. The molecule has 7 nitrogen and oxygen atoms in total. The third-order valence-electron chi connectivity index (χ3n) is 6.85. The molecule has 3 aromatic carbocycles. The van der Waals surface area contributed by atoms with E-state index in [2.05, 4.69) is 11.8 Å². The number of fused-ring (bicyclic) bond motifs is 1. The van der Waals surface area contributed by atoms with E-state index in [4.69, 9.17) is 5.73 Å². The average Bonchev–Trinajstić information content (AvgIpc) is 3.05. The number of anilines is 1. The number of carboxylic acid groups (broad SMARTS) is 1. The smallest absolute Gasteiger partial charge is 0.326 e. The largest absolute Gasteiger partial charge is 0.480 e. The number of carbonyl (C=O) groups is 3. The Morgan fingerprint density at radius 2 is 1.62 bits per heavy atom. The molecule has 0 saturated carbocycles. The van der Waals surface area contributed by atoms with E-state index in [9.17, 15) is 19.5 Å². The quantitative estimate of drug-likeness (QED) is 0.315. The van der Waals surface area contributed by atoms with E-state index in [1.165, 1.54) is 4.90 Å². The zero-order valence-electron chi connectivity index (χ0n) is 22.0. The lowest BCUT2D eigenvalue weighted by atomic mass is 9.95. The maximum atomic E-state index is 14.0. The number of hydrogen-bond donors (Lipinski definition) is 2. The Morgan fingerprint density at radius 3 is 2.18 bits per heavy atom. The van der Waals surface area contributed by atoms with Crippen molar-refractivity contribution in [2.24, 2.45) is 5.73 Å². The second kappa shape index (κ2) is 12.9. The Labute approximate surface area is 229 Å². The third kappa shape index (κ3) is 6.19. The van der Waals surface area contributed by atoms with Crippen molar-refractivity contribution in [1.29, 1.82) is 0 Å². The van der Waals surface area contributed by atoms with E-state index >= 15 is 0 Å². The summed E-state index contributed by atoms with van der Waals surface area (Å²) in [6.45, 7) is 1.95. The molecule has 0 fully saturated rings. The van der Waals surface area contributed by atoms with Gasteiger partial charge in [-0.25, -0.2) is 4.79 Å². The fourth-order valence-corrected chi connectivity index (χ4v) is 4.92. The first-order valence-electron chi connectivity index (χ1n) is 13.2. The summed E-state index contributed by atoms with van der Waals surface area (Å²) in [5.41, 5.74) is 8.63. The normalized spacial score (nSPS) is 13.9. The minimum atomic E-state index is -1.15. The molecule has 3 N–H and O–H groups in total. The van der Waals surface area contributed by atoms with Crippen LogP contribution in [0.25, 0.3) is 0 Å². The van der Waals surface area contributed by atoms with Crippen LogP contribution in [0.4, 0.5) is 5.69 Å². The summed E-state index contributed by atoms with van der Waals surface area (Å²) >= 11 is 0. The second-order valence-electron chi connectivity index (χ2n) is 9.46. The summed E-state index contributed by atoms with van der Waals surface area (Å²) in [5.74, 6) is 4.23. The van der Waals surface area contributed by atoms with Gasteiger partial charge in [0.15, 0.2) is 0 Å². The molecule has 0 saturated heterocycles. The minimum absolute atomic E-state index is 0.172. The van der Waals surface area contributed by atoms with Gasteiger partial charge in [-0.05, 0) is 55.1 Å². The van der Waals surface area contributed by atoms with Gasteiger partial charge in [-0.2, -0.15) is 0 Å². The fraction of sp³-hybridized carbons (Fsp3) is 0.281. The van der Waals surface area contributed by atoms with Crippen LogP contribution in [0.3, 0.4) is 0 Å². The first kappa shape index (κ1) is 27.6. The molecule has 0 aromatic heterocycles. The summed E-state index contributed by atoms with van der Waals surface area (Å²) in [6, 6.07) is 22.8. The highest BCUT2D eigenvalue weighted by molar-refractivity contribution is 6.11. The molecule has 7 heteroatoms. The second-order valence-corrected chi connectivity index (χ2v) is 9.46. The monoisotopic (exact) mass is 523 g/mol. The molecular weight excluding hydrogens is 490 g/mol. The van der Waals surface area contributed by atoms with E-state index in [0.29, 0.717) is 24.2 Å². The van der Waals surface area contributed by atoms with Crippen molar-refractivity contribution in [3.05, 3.63) is 101 Å². The van der Waals surface area contributed by atoms with Crippen LogP contribution in [0.1, 0.15) is 65.7 Å². The molecular formula is C32H33N3O4. The summed E-state index contributed by atoms with van der Waals surface area (Å²) in [6.07, 6.45) is 2.62. The van der Waals surface area contributed by atoms with Gasteiger partial charge in [0.1, 0.15) is 12.6 Å². The number of amides is 2. The molecule has 0 radical (unpaired) electrons. The lowest BCUT2D eigenvalue weighted by Crippen LogP contribution is -2.48. The molecule has 39 heavy (non-hydrogen) atoms. The molecule has 1 heterocycles. The Morgan fingerprint density at radius 1 is 0.974 bits per heavy atom. The van der Waals surface area contributed by atoms with Crippen LogP contribution in [-0.2, 0) is 9.59 Å². The first-order chi connectivity index (χ1) is 19.0. The summed E-state index contributed by atoms with van der Waals surface area (Å²) in [4.78, 5) is 42.9. The molecule has 2 amide bonds. The van der Waals surface area contributed by atoms with Crippen LogP contribution in [0, 0.1) is 11.8 Å². The highest BCUT2D eigenvalue weighted by Crippen LogP contribution is 2.38. The van der Waals surface area contributed by atoms with E-state index in [0.717, 1.165) is 24.0 Å². The molecule has 1 atom stereocenters. The molecule has 0 spiro atoms. The number of carbonyl (C=O) groups excluding carboxylic acids is 2. The van der Waals surface area contributed by atoms with Gasteiger partial charge < -0.3 is 15.7 Å². The predicted molar refractivity (Wildman–Crippen MR) is 151 cm³/mol. The third-order valence-corrected chi connectivity index (χ3v) is 6.85. The highest BCUT2D eigenvalue weighted by Gasteiger charge is 2.40. The van der Waals surface area contributed by atoms with Crippen LogP contribution in [0.5, 0.6) is 0 Å². The van der Waals surface area contributed by atoms with E-state index < -0.39 is 24.0 Å². The Hall–Kier alpha value is -4.41. The molecule has 0 aliphatic carbocycles. The highest BCUT2D eigenvalue weighted by atomic mass is 16.4. The number of aliphatic carboxylic acids is 1. The van der Waals surface area contributed by atoms with Crippen LogP contribution < -0.4 is 10.6 Å². The number of unbranched alkanes of at least 4 members (excludes halogenated alkanes) is 2. The number of benzene rings is 3. The Balaban J connectivity index is 1.88. The SMILES string of the molecule is CCC(C(=O)O)N1CC(=O)N(C(c2ccccc2)c2ccccc2)c2ccc(C#CCCCCN)cc2C1=O. The molecule has 3 aromatic rings. The maximum Gasteiger partial charge on any atom is 0.326 e. The van der Waals surface area contributed by atoms with Crippen molar-refractivity contribution in [3.63, 3.8) is 0 Å². The number of rotatable bonds is 9. The fourth-order valence-electron chi connectivity index (χ4n) is 4.92. The van der Waals surface area contributed by atoms with Gasteiger partial charge in [-0.15, -0.1) is 0 Å². The van der Waals surface area contributed by atoms with Crippen LogP contribution in [0.2, 0.25) is 0 Å². The lowest BCUT2D eigenvalue weighted by molar-refractivity contribution is -0.142. The minimum Gasteiger partial charge on any atom is -0.480 e. The van der Waals surface area contributed by atoms with Crippen molar-refractivity contribution >= 4 is 23.5 Å². The summed E-state index contributed by atoms with van der Waals surface area (Å²) in [7, 11) is 0. The van der Waals surface area contributed by atoms with Crippen molar-refractivity contribution in [3.8, 4) is 11.8 Å². The van der Waals surface area contributed by atoms with Crippen LogP contribution in [0.15, 0.2) is 78.9 Å². The van der Waals surface area contributed by atoms with Crippen LogP contribution in [-0.4, -0.2) is 46.9 Å². The lowest BCUT2D eigenvalue weighted by Gasteiger charge is -2.33. The van der Waals surface area contributed by atoms with Crippen molar-refractivity contribution in [2.45, 2.75) is 44.7 Å². The predicted octanol–water partition coefficient (Wildman–Crippen LogP) is 4.61. The molecule has 200 valence electrons. The van der Waals surface area contributed by atoms with Gasteiger partial charge in [-0.3, -0.25) is 14.5 Å². The number of nitrogens with zero attached hydrogens (tertiary/aromatic N) is 2. The molecule has 1 aliphatic heterocycles. The van der Waals surface area contributed by atoms with Gasteiger partial charge in [0.05, 0.1) is 17.3 Å². The van der Waals surface area contributed by atoms with Crippen LogP contribution >= 0.6 is 0 Å². The summed E-state index contributed by atoms with van der Waals surface area (Å²) < 4.78 is 0. The first-order valence-corrected chi connectivity index (χ1v) is 13.2. The van der Waals surface area contributed by atoms with Crippen molar-refractivity contribution in [1.82, 2.24) is 4.90 Å². The van der Waals surface area contributed by atoms with E-state index in [-0.39, 0.29) is 24.4 Å². The number of hydrogen-bond acceptors (Lipinski definition) is 4. The Kier molecular flexibility index (Phi) is 9.14. The molecule has 1 aliphatic rings. The number of carboxylic acids is 1. The van der Waals surface area contributed by atoms with Crippen molar-refractivity contribution in [2.75, 3.05) is 18.0 Å². The zero-order chi connectivity index (χ0) is 27.8. The summed E-state index contributed by atoms with van der Waals surface area (Å²) in [5, 5.41) is 9.89.